The summed E-state index contributed by atoms with van der Waals surface area (Å²) < 4.78 is 39.5. The lowest BCUT2D eigenvalue weighted by molar-refractivity contribution is -0.136. The van der Waals surface area contributed by atoms with Crippen LogP contribution in [0, 0.1) is 0 Å². The predicted molar refractivity (Wildman–Crippen MR) is 98.6 cm³/mol. The average molecular weight is 387 g/mol. The third kappa shape index (κ3) is 4.85. The fourth-order valence-electron chi connectivity index (χ4n) is 3.54. The van der Waals surface area contributed by atoms with Gasteiger partial charge in [0.05, 0.1) is 17.3 Å². The molecule has 8 heteroatoms. The number of anilines is 1. The van der Waals surface area contributed by atoms with Crippen LogP contribution in [0.15, 0.2) is 24.3 Å². The number of hydrogen-bond acceptors (Lipinski definition) is 3. The highest BCUT2D eigenvalue weighted by Crippen LogP contribution is 2.34. The van der Waals surface area contributed by atoms with E-state index in [2.05, 4.69) is 10.2 Å². The van der Waals surface area contributed by atoms with Crippen LogP contribution in [0.25, 0.3) is 0 Å². The second kappa shape index (κ2) is 8.52. The van der Waals surface area contributed by atoms with E-state index in [4.69, 9.17) is 0 Å². The van der Waals surface area contributed by atoms with Gasteiger partial charge in [0.2, 0.25) is 0 Å². The molecule has 0 saturated carbocycles. The lowest BCUT2D eigenvalue weighted by atomic mass is 10.1. The number of thioether (sulfide) groups is 1. The van der Waals surface area contributed by atoms with Gasteiger partial charge in [0.15, 0.2) is 0 Å². The molecule has 2 aliphatic rings. The molecule has 0 aromatic heterocycles. The smallest absolute Gasteiger partial charge is 0.319 e. The molecule has 1 N–H and O–H groups in total. The molecule has 0 aliphatic carbocycles. The second-order valence-electron chi connectivity index (χ2n) is 6.76. The molecule has 2 amide bonds. The summed E-state index contributed by atoms with van der Waals surface area (Å²) in [4.78, 5) is 16.9. The maximum absolute atomic E-state index is 13.2. The molecule has 26 heavy (non-hydrogen) atoms. The number of alkyl halides is 3. The molecule has 2 saturated heterocycles. The van der Waals surface area contributed by atoms with Gasteiger partial charge >= 0.3 is 12.2 Å². The zero-order valence-electron chi connectivity index (χ0n) is 14.6. The Morgan fingerprint density at radius 2 is 1.88 bits per heavy atom. The standard InChI is InChI=1S/C18H24F3N3OS/c19-18(20,21)15-6-1-2-7-16(15)22-17(25)24-10-5-11-26-13-14(24)12-23-8-3-4-9-23/h1-2,6-7,14H,3-5,8-13H2,(H,22,25)/t14-/m0/s1. The van der Waals surface area contributed by atoms with E-state index in [0.29, 0.717) is 6.54 Å². The van der Waals surface area contributed by atoms with Gasteiger partial charge in [-0.05, 0) is 50.2 Å². The zero-order chi connectivity index (χ0) is 18.6. The summed E-state index contributed by atoms with van der Waals surface area (Å²) >= 11 is 1.81. The highest BCUT2D eigenvalue weighted by atomic mass is 32.2. The molecule has 1 atom stereocenters. The lowest BCUT2D eigenvalue weighted by Crippen LogP contribution is -2.49. The van der Waals surface area contributed by atoms with E-state index in [1.807, 2.05) is 11.8 Å². The maximum atomic E-state index is 13.2. The largest absolute Gasteiger partial charge is 0.418 e. The zero-order valence-corrected chi connectivity index (χ0v) is 15.4. The molecule has 4 nitrogen and oxygen atoms in total. The molecule has 1 aromatic carbocycles. The van der Waals surface area contributed by atoms with Crippen LogP contribution in [-0.4, -0.2) is 59.6 Å². The summed E-state index contributed by atoms with van der Waals surface area (Å²) in [6, 6.07) is 4.73. The van der Waals surface area contributed by atoms with Crippen molar-refractivity contribution in [2.75, 3.05) is 43.0 Å². The van der Waals surface area contributed by atoms with Crippen LogP contribution in [0.2, 0.25) is 0 Å². The number of nitrogens with one attached hydrogen (secondary N) is 1. The summed E-state index contributed by atoms with van der Waals surface area (Å²) in [5, 5.41) is 2.51. The van der Waals surface area contributed by atoms with Gasteiger partial charge < -0.3 is 15.1 Å². The molecule has 0 unspecified atom stereocenters. The molecule has 144 valence electrons. The van der Waals surface area contributed by atoms with Crippen LogP contribution < -0.4 is 5.32 Å². The van der Waals surface area contributed by atoms with Gasteiger partial charge in [0.25, 0.3) is 0 Å². The molecule has 2 fully saturated rings. The van der Waals surface area contributed by atoms with E-state index in [9.17, 15) is 18.0 Å². The van der Waals surface area contributed by atoms with Crippen LogP contribution in [0.3, 0.4) is 0 Å². The predicted octanol–water partition coefficient (Wildman–Crippen LogP) is 4.14. The number of halogens is 3. The highest BCUT2D eigenvalue weighted by Gasteiger charge is 2.35. The van der Waals surface area contributed by atoms with Crippen LogP contribution in [0.4, 0.5) is 23.7 Å². The number of urea groups is 1. The first-order valence-electron chi connectivity index (χ1n) is 8.99. The molecule has 2 aliphatic heterocycles. The van der Waals surface area contributed by atoms with Crippen molar-refractivity contribution in [2.24, 2.45) is 0 Å². The van der Waals surface area contributed by atoms with E-state index in [0.717, 1.165) is 43.6 Å². The van der Waals surface area contributed by atoms with Crippen molar-refractivity contribution >= 4 is 23.5 Å². The molecular formula is C18H24F3N3OS. The minimum atomic E-state index is -4.49. The third-order valence-electron chi connectivity index (χ3n) is 4.84. The van der Waals surface area contributed by atoms with Crippen molar-refractivity contribution in [1.82, 2.24) is 9.80 Å². The van der Waals surface area contributed by atoms with Crippen LogP contribution >= 0.6 is 11.8 Å². The van der Waals surface area contributed by atoms with Crippen molar-refractivity contribution in [1.29, 1.82) is 0 Å². The van der Waals surface area contributed by atoms with Gasteiger partial charge in [-0.15, -0.1) is 0 Å². The Labute approximate surface area is 156 Å². The number of nitrogens with zero attached hydrogens (tertiary/aromatic N) is 2. The van der Waals surface area contributed by atoms with Gasteiger partial charge in [0, 0.05) is 18.8 Å². The molecule has 1 aromatic rings. The number of rotatable bonds is 3. The van der Waals surface area contributed by atoms with Crippen molar-refractivity contribution < 1.29 is 18.0 Å². The number of carbonyl (C=O) groups is 1. The number of hydrogen-bond donors (Lipinski definition) is 1. The number of benzene rings is 1. The Morgan fingerprint density at radius 3 is 2.62 bits per heavy atom. The van der Waals surface area contributed by atoms with Crippen LogP contribution in [0.1, 0.15) is 24.8 Å². The quantitative estimate of drug-likeness (QED) is 0.847. The van der Waals surface area contributed by atoms with Gasteiger partial charge in [0.1, 0.15) is 0 Å². The molecule has 0 radical (unpaired) electrons. The molecule has 0 spiro atoms. The minimum Gasteiger partial charge on any atom is -0.319 e. The molecule has 0 bridgehead atoms. The monoisotopic (exact) mass is 387 g/mol. The number of para-hydroxylation sites is 1. The van der Waals surface area contributed by atoms with Crippen molar-refractivity contribution in [3.63, 3.8) is 0 Å². The fraction of sp³-hybridized carbons (Fsp3) is 0.611. The number of carbonyl (C=O) groups excluding carboxylic acids is 1. The van der Waals surface area contributed by atoms with Crippen LogP contribution in [0.5, 0.6) is 0 Å². The van der Waals surface area contributed by atoms with Gasteiger partial charge in [-0.3, -0.25) is 0 Å². The average Bonchev–Trinajstić information content (AvgIpc) is 2.99. The Morgan fingerprint density at radius 1 is 1.15 bits per heavy atom. The van der Waals surface area contributed by atoms with Crippen molar-refractivity contribution in [2.45, 2.75) is 31.5 Å². The van der Waals surface area contributed by atoms with E-state index in [1.165, 1.54) is 31.0 Å². The summed E-state index contributed by atoms with van der Waals surface area (Å²) in [6.07, 6.45) is -1.29. The fourth-order valence-corrected chi connectivity index (χ4v) is 4.59. The molecule has 2 heterocycles. The Hall–Kier alpha value is -1.41. The number of amides is 2. The maximum Gasteiger partial charge on any atom is 0.418 e. The summed E-state index contributed by atoms with van der Waals surface area (Å²) in [5.41, 5.74) is -0.990. The lowest BCUT2D eigenvalue weighted by Gasteiger charge is -2.33. The molecular weight excluding hydrogens is 363 g/mol. The first-order chi connectivity index (χ1) is 12.4. The normalized spacial score (nSPS) is 22.3. The van der Waals surface area contributed by atoms with E-state index in [1.54, 1.807) is 4.90 Å². The topological polar surface area (TPSA) is 35.6 Å². The first-order valence-corrected chi connectivity index (χ1v) is 10.1. The summed E-state index contributed by atoms with van der Waals surface area (Å²) in [7, 11) is 0. The first kappa shape index (κ1) is 19.4. The van der Waals surface area contributed by atoms with E-state index < -0.39 is 17.8 Å². The van der Waals surface area contributed by atoms with Gasteiger partial charge in [-0.2, -0.15) is 24.9 Å². The number of likely N-dealkylation sites (tertiary alicyclic amines) is 1. The summed E-state index contributed by atoms with van der Waals surface area (Å²) in [5.74, 6) is 1.80. The van der Waals surface area contributed by atoms with E-state index in [-0.39, 0.29) is 11.7 Å². The van der Waals surface area contributed by atoms with Crippen molar-refractivity contribution in [3.8, 4) is 0 Å². The Kier molecular flexibility index (Phi) is 6.34. The Bertz CT molecular complexity index is 620. The van der Waals surface area contributed by atoms with Crippen LogP contribution in [-0.2, 0) is 6.18 Å². The van der Waals surface area contributed by atoms with Gasteiger partial charge in [-0.25, -0.2) is 4.79 Å². The minimum absolute atomic E-state index is 0.0265. The highest BCUT2D eigenvalue weighted by molar-refractivity contribution is 7.99. The summed E-state index contributed by atoms with van der Waals surface area (Å²) in [6.45, 7) is 3.44. The second-order valence-corrected chi connectivity index (χ2v) is 7.91. The Balaban J connectivity index is 1.73. The van der Waals surface area contributed by atoms with Crippen molar-refractivity contribution in [3.05, 3.63) is 29.8 Å². The molecule has 3 rings (SSSR count). The van der Waals surface area contributed by atoms with E-state index >= 15 is 0 Å². The third-order valence-corrected chi connectivity index (χ3v) is 6.04. The SMILES string of the molecule is O=C(Nc1ccccc1C(F)(F)F)N1CCCSC[C@@H]1CN1CCCC1. The van der Waals surface area contributed by atoms with Gasteiger partial charge in [-0.1, -0.05) is 12.1 Å².